The smallest absolute Gasteiger partial charge is 0.264 e. The zero-order chi connectivity index (χ0) is 22.6. The Morgan fingerprint density at radius 3 is 2.29 bits per heavy atom. The number of carbonyl (C=O) groups excluding carboxylic acids is 1. The topological polar surface area (TPSA) is 92.5 Å². The zero-order valence-corrected chi connectivity index (χ0v) is 18.7. The predicted octanol–water partition coefficient (Wildman–Crippen LogP) is 3.71. The molecule has 0 saturated heterocycles. The Bertz CT molecular complexity index is 1190. The van der Waals surface area contributed by atoms with Gasteiger partial charge in [0, 0.05) is 12.2 Å². The Morgan fingerprint density at radius 1 is 0.935 bits per heavy atom. The molecule has 0 bridgehead atoms. The highest BCUT2D eigenvalue weighted by Gasteiger charge is 2.28. The van der Waals surface area contributed by atoms with Gasteiger partial charge in [-0.15, -0.1) is 0 Å². The van der Waals surface area contributed by atoms with E-state index in [1.807, 2.05) is 45.0 Å². The van der Waals surface area contributed by atoms with E-state index in [2.05, 4.69) is 5.32 Å². The van der Waals surface area contributed by atoms with E-state index in [9.17, 15) is 13.2 Å². The average molecular weight is 438 g/mol. The molecule has 6 nitrogen and oxygen atoms in total. The predicted molar refractivity (Wildman–Crippen MR) is 124 cm³/mol. The van der Waals surface area contributed by atoms with Gasteiger partial charge in [0.25, 0.3) is 10.0 Å². The largest absolute Gasteiger partial charge is 0.398 e. The maximum absolute atomic E-state index is 13.5. The highest BCUT2D eigenvalue weighted by atomic mass is 32.2. The third-order valence-electron chi connectivity index (χ3n) is 5.27. The molecular formula is C24H27N3O3S. The zero-order valence-electron chi connectivity index (χ0n) is 17.9. The van der Waals surface area contributed by atoms with Gasteiger partial charge >= 0.3 is 0 Å². The highest BCUT2D eigenvalue weighted by molar-refractivity contribution is 7.92. The summed E-state index contributed by atoms with van der Waals surface area (Å²) >= 11 is 0. The van der Waals surface area contributed by atoms with Crippen molar-refractivity contribution in [3.05, 3.63) is 89.0 Å². The fourth-order valence-corrected chi connectivity index (χ4v) is 4.70. The normalized spacial score (nSPS) is 11.2. The number of para-hydroxylation sites is 1. The number of hydrogen-bond donors (Lipinski definition) is 2. The van der Waals surface area contributed by atoms with Crippen LogP contribution >= 0.6 is 0 Å². The number of sulfonamides is 1. The summed E-state index contributed by atoms with van der Waals surface area (Å²) in [6, 6.07) is 19.3. The van der Waals surface area contributed by atoms with Crippen molar-refractivity contribution in [1.82, 2.24) is 5.32 Å². The quantitative estimate of drug-likeness (QED) is 0.551. The number of nitrogens with one attached hydrogen (secondary N) is 1. The minimum atomic E-state index is -3.95. The van der Waals surface area contributed by atoms with Crippen LogP contribution in [-0.4, -0.2) is 20.9 Å². The van der Waals surface area contributed by atoms with E-state index in [4.69, 9.17) is 5.73 Å². The number of amides is 1. The summed E-state index contributed by atoms with van der Waals surface area (Å²) in [7, 11) is -3.95. The average Bonchev–Trinajstić information content (AvgIpc) is 2.74. The third kappa shape index (κ3) is 5.06. The van der Waals surface area contributed by atoms with Crippen LogP contribution in [0.4, 0.5) is 11.4 Å². The molecule has 0 unspecified atom stereocenters. The second kappa shape index (κ2) is 9.22. The molecule has 0 fully saturated rings. The number of nitrogens with two attached hydrogens (primary N) is 1. The second-order valence-corrected chi connectivity index (χ2v) is 9.38. The van der Waals surface area contributed by atoms with Gasteiger partial charge in [-0.25, -0.2) is 8.42 Å². The summed E-state index contributed by atoms with van der Waals surface area (Å²) in [5, 5.41) is 2.78. The molecule has 3 N–H and O–H groups in total. The summed E-state index contributed by atoms with van der Waals surface area (Å²) in [6.07, 6.45) is 0. The monoisotopic (exact) mass is 437 g/mol. The van der Waals surface area contributed by atoms with Crippen molar-refractivity contribution >= 4 is 27.3 Å². The molecular weight excluding hydrogens is 410 g/mol. The van der Waals surface area contributed by atoms with Crippen LogP contribution in [0.25, 0.3) is 0 Å². The van der Waals surface area contributed by atoms with Crippen molar-refractivity contribution in [3.63, 3.8) is 0 Å². The van der Waals surface area contributed by atoms with Crippen LogP contribution in [0, 0.1) is 20.8 Å². The van der Waals surface area contributed by atoms with E-state index in [1.165, 1.54) is 4.31 Å². The molecule has 0 aliphatic heterocycles. The number of rotatable bonds is 7. The summed E-state index contributed by atoms with van der Waals surface area (Å²) in [5.41, 5.74) is 10.5. The van der Waals surface area contributed by atoms with Crippen LogP contribution in [0.15, 0.2) is 71.6 Å². The Hall–Kier alpha value is -3.32. The summed E-state index contributed by atoms with van der Waals surface area (Å²) in [6.45, 7) is 5.53. The van der Waals surface area contributed by atoms with E-state index in [0.29, 0.717) is 11.4 Å². The van der Waals surface area contributed by atoms with Crippen molar-refractivity contribution in [1.29, 1.82) is 0 Å². The number of carbonyl (C=O) groups is 1. The summed E-state index contributed by atoms with van der Waals surface area (Å²) in [4.78, 5) is 12.9. The molecule has 1 amide bonds. The standard InChI is InChI=1S/C24H27N3O3S/c1-17-11-13-21(14-12-17)31(29,30)27(23-10-6-7-18(2)19(23)3)16-24(28)26-15-20-8-4-5-9-22(20)25/h4-14H,15-16,25H2,1-3H3,(H,26,28). The first kappa shape index (κ1) is 22.4. The maximum atomic E-state index is 13.5. The molecule has 0 saturated carbocycles. The van der Waals surface area contributed by atoms with Gasteiger partial charge in [0.2, 0.25) is 5.91 Å². The second-order valence-electron chi connectivity index (χ2n) is 7.52. The Kier molecular flexibility index (Phi) is 6.65. The van der Waals surface area contributed by atoms with Gasteiger partial charge in [-0.2, -0.15) is 0 Å². The van der Waals surface area contributed by atoms with Crippen LogP contribution in [0.3, 0.4) is 0 Å². The number of aryl methyl sites for hydroxylation is 2. The minimum Gasteiger partial charge on any atom is -0.398 e. The van der Waals surface area contributed by atoms with Gasteiger partial charge in [-0.05, 0) is 61.7 Å². The van der Waals surface area contributed by atoms with Gasteiger partial charge in [0.05, 0.1) is 10.6 Å². The molecule has 0 aromatic heterocycles. The van der Waals surface area contributed by atoms with Crippen LogP contribution in [0.1, 0.15) is 22.3 Å². The number of nitrogen functional groups attached to an aromatic ring is 1. The Labute approximate surface area is 183 Å². The van der Waals surface area contributed by atoms with Gasteiger partial charge < -0.3 is 11.1 Å². The molecule has 162 valence electrons. The molecule has 0 aliphatic carbocycles. The molecule has 3 aromatic rings. The van der Waals surface area contributed by atoms with Crippen LogP contribution < -0.4 is 15.4 Å². The fourth-order valence-electron chi connectivity index (χ4n) is 3.22. The molecule has 0 spiro atoms. The lowest BCUT2D eigenvalue weighted by Crippen LogP contribution is -2.41. The molecule has 3 aromatic carbocycles. The van der Waals surface area contributed by atoms with Gasteiger partial charge in [0.1, 0.15) is 6.54 Å². The van der Waals surface area contributed by atoms with Gasteiger partial charge in [-0.1, -0.05) is 48.0 Å². The lowest BCUT2D eigenvalue weighted by molar-refractivity contribution is -0.119. The van der Waals surface area contributed by atoms with E-state index in [-0.39, 0.29) is 18.0 Å². The minimum absolute atomic E-state index is 0.138. The molecule has 7 heteroatoms. The van der Waals surface area contributed by atoms with Crippen LogP contribution in [0.5, 0.6) is 0 Å². The van der Waals surface area contributed by atoms with E-state index >= 15 is 0 Å². The third-order valence-corrected chi connectivity index (χ3v) is 7.05. The SMILES string of the molecule is Cc1ccc(S(=O)(=O)N(CC(=O)NCc2ccccc2N)c2cccc(C)c2C)cc1. The van der Waals surface area contributed by atoms with Crippen molar-refractivity contribution < 1.29 is 13.2 Å². The first-order chi connectivity index (χ1) is 14.7. The summed E-state index contributed by atoms with van der Waals surface area (Å²) in [5.74, 6) is -0.417. The maximum Gasteiger partial charge on any atom is 0.264 e. The molecule has 0 atom stereocenters. The fraction of sp³-hybridized carbons (Fsp3) is 0.208. The molecule has 0 radical (unpaired) electrons. The Balaban J connectivity index is 1.92. The van der Waals surface area contributed by atoms with Crippen LogP contribution in [-0.2, 0) is 21.4 Å². The van der Waals surface area contributed by atoms with E-state index < -0.39 is 15.9 Å². The number of nitrogens with zero attached hydrogens (tertiary/aromatic N) is 1. The summed E-state index contributed by atoms with van der Waals surface area (Å²) < 4.78 is 28.2. The van der Waals surface area contributed by atoms with Crippen molar-refractivity contribution in [2.45, 2.75) is 32.2 Å². The van der Waals surface area contributed by atoms with Crippen molar-refractivity contribution in [2.75, 3.05) is 16.6 Å². The lowest BCUT2D eigenvalue weighted by Gasteiger charge is -2.26. The first-order valence-corrected chi connectivity index (χ1v) is 11.4. The van der Waals surface area contributed by atoms with E-state index in [0.717, 1.165) is 22.3 Å². The van der Waals surface area contributed by atoms with Gasteiger partial charge in [0.15, 0.2) is 0 Å². The lowest BCUT2D eigenvalue weighted by atomic mass is 10.1. The van der Waals surface area contributed by atoms with E-state index in [1.54, 1.807) is 42.5 Å². The van der Waals surface area contributed by atoms with Crippen LogP contribution in [0.2, 0.25) is 0 Å². The number of hydrogen-bond acceptors (Lipinski definition) is 4. The molecule has 0 heterocycles. The van der Waals surface area contributed by atoms with Gasteiger partial charge in [-0.3, -0.25) is 9.10 Å². The number of benzene rings is 3. The Morgan fingerprint density at radius 2 is 1.61 bits per heavy atom. The van der Waals surface area contributed by atoms with Crippen molar-refractivity contribution in [2.24, 2.45) is 0 Å². The van der Waals surface area contributed by atoms with Crippen molar-refractivity contribution in [3.8, 4) is 0 Å². The molecule has 31 heavy (non-hydrogen) atoms. The molecule has 0 aliphatic rings. The number of anilines is 2. The molecule has 3 rings (SSSR count). The first-order valence-electron chi connectivity index (χ1n) is 9.96. The highest BCUT2D eigenvalue weighted by Crippen LogP contribution is 2.28.